The molecule has 0 radical (unpaired) electrons. The summed E-state index contributed by atoms with van der Waals surface area (Å²) in [4.78, 5) is 13.0. The van der Waals surface area contributed by atoms with Gasteiger partial charge in [-0.2, -0.15) is 10.4 Å². The third-order valence-electron chi connectivity index (χ3n) is 4.94. The predicted octanol–water partition coefficient (Wildman–Crippen LogP) is 4.83. The SMILES string of the molecule is N#CCc1ccc(NC(=O)c2nn(-c3cccc(Br)c3)c3c2CCCC3)cc1. The standard InChI is InChI=1S/C22H19BrN4O/c23-16-4-3-5-18(14-16)27-20-7-2-1-6-19(20)21(26-27)22(28)25-17-10-8-15(9-11-17)12-13-24/h3-5,8-11,14H,1-2,6-7,12H2,(H,25,28). The van der Waals surface area contributed by atoms with E-state index in [-0.39, 0.29) is 5.91 Å². The molecule has 3 aromatic rings. The van der Waals surface area contributed by atoms with E-state index >= 15 is 0 Å². The number of anilines is 1. The van der Waals surface area contributed by atoms with Gasteiger partial charge in [-0.3, -0.25) is 4.79 Å². The normalized spacial score (nSPS) is 12.9. The van der Waals surface area contributed by atoms with Crippen LogP contribution in [0.5, 0.6) is 0 Å². The zero-order valence-electron chi connectivity index (χ0n) is 15.3. The van der Waals surface area contributed by atoms with Crippen molar-refractivity contribution in [3.8, 4) is 11.8 Å². The molecule has 0 bridgehead atoms. The van der Waals surface area contributed by atoms with E-state index in [2.05, 4.69) is 32.4 Å². The molecule has 1 aliphatic rings. The van der Waals surface area contributed by atoms with Gasteiger partial charge in [0.15, 0.2) is 5.69 Å². The molecular formula is C22H19BrN4O. The Balaban J connectivity index is 1.65. The summed E-state index contributed by atoms with van der Waals surface area (Å²) in [6.45, 7) is 0. The Bertz CT molecular complexity index is 1060. The molecule has 1 amide bonds. The molecule has 28 heavy (non-hydrogen) atoms. The van der Waals surface area contributed by atoms with Gasteiger partial charge >= 0.3 is 0 Å². The molecule has 0 saturated heterocycles. The number of aromatic nitrogens is 2. The van der Waals surface area contributed by atoms with Crippen LogP contribution in [0.25, 0.3) is 5.69 Å². The van der Waals surface area contributed by atoms with Gasteiger partial charge in [0.1, 0.15) is 0 Å². The zero-order valence-corrected chi connectivity index (χ0v) is 16.9. The van der Waals surface area contributed by atoms with Crippen molar-refractivity contribution in [2.75, 3.05) is 5.32 Å². The van der Waals surface area contributed by atoms with Gasteiger partial charge in [-0.25, -0.2) is 4.68 Å². The van der Waals surface area contributed by atoms with Gasteiger partial charge in [-0.15, -0.1) is 0 Å². The molecule has 0 aliphatic heterocycles. The fourth-order valence-electron chi connectivity index (χ4n) is 3.59. The second-order valence-electron chi connectivity index (χ2n) is 6.86. The molecule has 0 unspecified atom stereocenters. The quantitative estimate of drug-likeness (QED) is 0.638. The number of hydrogen-bond donors (Lipinski definition) is 1. The molecule has 4 rings (SSSR count). The van der Waals surface area contributed by atoms with Crippen molar-refractivity contribution >= 4 is 27.5 Å². The highest BCUT2D eigenvalue weighted by molar-refractivity contribution is 9.10. The van der Waals surface area contributed by atoms with Gasteiger partial charge in [-0.1, -0.05) is 34.1 Å². The van der Waals surface area contributed by atoms with E-state index in [1.54, 1.807) is 0 Å². The van der Waals surface area contributed by atoms with Crippen molar-refractivity contribution in [3.05, 3.63) is 75.5 Å². The van der Waals surface area contributed by atoms with E-state index in [9.17, 15) is 4.79 Å². The van der Waals surface area contributed by atoms with Gasteiger partial charge < -0.3 is 5.32 Å². The van der Waals surface area contributed by atoms with Crippen LogP contribution in [0.4, 0.5) is 5.69 Å². The van der Waals surface area contributed by atoms with E-state index in [0.29, 0.717) is 17.8 Å². The number of carbonyl (C=O) groups is 1. The number of nitrogens with zero attached hydrogens (tertiary/aromatic N) is 3. The minimum Gasteiger partial charge on any atom is -0.321 e. The van der Waals surface area contributed by atoms with Crippen LogP contribution in [-0.2, 0) is 19.3 Å². The zero-order chi connectivity index (χ0) is 19.5. The van der Waals surface area contributed by atoms with Crippen molar-refractivity contribution in [2.24, 2.45) is 0 Å². The van der Waals surface area contributed by atoms with E-state index in [1.807, 2.05) is 53.2 Å². The highest BCUT2D eigenvalue weighted by Crippen LogP contribution is 2.28. The predicted molar refractivity (Wildman–Crippen MR) is 112 cm³/mol. The van der Waals surface area contributed by atoms with Gasteiger partial charge in [0.25, 0.3) is 5.91 Å². The van der Waals surface area contributed by atoms with Crippen LogP contribution in [0.1, 0.15) is 40.2 Å². The summed E-state index contributed by atoms with van der Waals surface area (Å²) in [5, 5.41) is 16.4. The molecule has 0 fully saturated rings. The molecule has 5 nitrogen and oxygen atoms in total. The van der Waals surface area contributed by atoms with Crippen molar-refractivity contribution in [1.29, 1.82) is 5.26 Å². The molecule has 6 heteroatoms. The lowest BCUT2D eigenvalue weighted by Crippen LogP contribution is -2.15. The monoisotopic (exact) mass is 434 g/mol. The number of carbonyl (C=O) groups excluding carboxylic acids is 1. The van der Waals surface area contributed by atoms with Crippen molar-refractivity contribution in [1.82, 2.24) is 9.78 Å². The van der Waals surface area contributed by atoms with Gasteiger partial charge in [0.2, 0.25) is 0 Å². The summed E-state index contributed by atoms with van der Waals surface area (Å²) < 4.78 is 2.89. The van der Waals surface area contributed by atoms with Crippen LogP contribution in [0.2, 0.25) is 0 Å². The lowest BCUT2D eigenvalue weighted by molar-refractivity contribution is 0.102. The molecule has 1 heterocycles. The molecule has 0 saturated carbocycles. The fraction of sp³-hybridized carbons (Fsp3) is 0.227. The highest BCUT2D eigenvalue weighted by atomic mass is 79.9. The average molecular weight is 435 g/mol. The van der Waals surface area contributed by atoms with Crippen LogP contribution >= 0.6 is 15.9 Å². The summed E-state index contributed by atoms with van der Waals surface area (Å²) >= 11 is 3.51. The average Bonchev–Trinajstić information content (AvgIpc) is 3.10. The number of halogens is 1. The molecule has 1 N–H and O–H groups in total. The smallest absolute Gasteiger partial charge is 0.276 e. The fourth-order valence-corrected chi connectivity index (χ4v) is 3.98. The third-order valence-corrected chi connectivity index (χ3v) is 5.44. The van der Waals surface area contributed by atoms with E-state index in [4.69, 9.17) is 5.26 Å². The number of rotatable bonds is 4. The Kier molecular flexibility index (Phi) is 5.27. The Morgan fingerprint density at radius 2 is 1.96 bits per heavy atom. The van der Waals surface area contributed by atoms with Crippen molar-refractivity contribution in [2.45, 2.75) is 32.1 Å². The maximum absolute atomic E-state index is 13.0. The lowest BCUT2D eigenvalue weighted by Gasteiger charge is -2.14. The number of amides is 1. The minimum absolute atomic E-state index is 0.195. The first kappa shape index (κ1) is 18.5. The van der Waals surface area contributed by atoms with Gasteiger partial charge in [0.05, 0.1) is 18.2 Å². The minimum atomic E-state index is -0.195. The summed E-state index contributed by atoms with van der Waals surface area (Å²) in [6, 6.07) is 17.4. The number of benzene rings is 2. The highest BCUT2D eigenvalue weighted by Gasteiger charge is 2.25. The molecule has 0 spiro atoms. The molecule has 2 aromatic carbocycles. The maximum Gasteiger partial charge on any atom is 0.276 e. The van der Waals surface area contributed by atoms with Crippen molar-refractivity contribution < 1.29 is 4.79 Å². The molecule has 1 aliphatic carbocycles. The Labute approximate surface area is 172 Å². The number of hydrogen-bond acceptors (Lipinski definition) is 3. The Hall–Kier alpha value is -2.91. The van der Waals surface area contributed by atoms with Crippen LogP contribution < -0.4 is 5.32 Å². The molecule has 140 valence electrons. The topological polar surface area (TPSA) is 70.7 Å². The Morgan fingerprint density at radius 1 is 1.18 bits per heavy atom. The van der Waals surface area contributed by atoms with Crippen LogP contribution in [-0.4, -0.2) is 15.7 Å². The first-order valence-electron chi connectivity index (χ1n) is 9.29. The van der Waals surface area contributed by atoms with Crippen molar-refractivity contribution in [3.63, 3.8) is 0 Å². The second-order valence-corrected chi connectivity index (χ2v) is 7.77. The van der Waals surface area contributed by atoms with Crippen LogP contribution in [0.15, 0.2) is 53.0 Å². The summed E-state index contributed by atoms with van der Waals surface area (Å²) in [5.74, 6) is -0.195. The van der Waals surface area contributed by atoms with E-state index < -0.39 is 0 Å². The van der Waals surface area contributed by atoms with Crippen LogP contribution in [0, 0.1) is 11.3 Å². The number of nitrogens with one attached hydrogen (secondary N) is 1. The number of nitriles is 1. The molecular weight excluding hydrogens is 416 g/mol. The summed E-state index contributed by atoms with van der Waals surface area (Å²) in [5.41, 5.74) is 5.25. The largest absolute Gasteiger partial charge is 0.321 e. The van der Waals surface area contributed by atoms with E-state index in [0.717, 1.165) is 52.7 Å². The first-order chi connectivity index (χ1) is 13.7. The molecule has 0 atom stereocenters. The third kappa shape index (κ3) is 3.71. The van der Waals surface area contributed by atoms with Gasteiger partial charge in [0, 0.05) is 21.4 Å². The number of fused-ring (bicyclic) bond motifs is 1. The second kappa shape index (κ2) is 7.99. The molecule has 1 aromatic heterocycles. The lowest BCUT2D eigenvalue weighted by atomic mass is 9.95. The summed E-state index contributed by atoms with van der Waals surface area (Å²) in [6.07, 6.45) is 4.32. The Morgan fingerprint density at radius 3 is 2.71 bits per heavy atom. The van der Waals surface area contributed by atoms with Gasteiger partial charge in [-0.05, 0) is 61.6 Å². The first-order valence-corrected chi connectivity index (χ1v) is 10.1. The van der Waals surface area contributed by atoms with E-state index in [1.165, 1.54) is 0 Å². The summed E-state index contributed by atoms with van der Waals surface area (Å²) in [7, 11) is 0. The van der Waals surface area contributed by atoms with Crippen LogP contribution in [0.3, 0.4) is 0 Å². The maximum atomic E-state index is 13.0.